The summed E-state index contributed by atoms with van der Waals surface area (Å²) in [6.45, 7) is 0. The Labute approximate surface area is 79.6 Å². The quantitative estimate of drug-likeness (QED) is 0.607. The number of nitrogens with zero attached hydrogens (tertiary/aromatic N) is 1. The second-order valence-corrected chi connectivity index (χ2v) is 2.85. The van der Waals surface area contributed by atoms with Crippen LogP contribution in [-0.4, -0.2) is 11.2 Å². The summed E-state index contributed by atoms with van der Waals surface area (Å²) in [6.07, 6.45) is 10.8. The van der Waals surface area contributed by atoms with Gasteiger partial charge in [0, 0.05) is 12.4 Å². The van der Waals surface area contributed by atoms with Gasteiger partial charge in [0.2, 0.25) is 0 Å². The van der Waals surface area contributed by atoms with Crippen LogP contribution < -0.4 is 0 Å². The standard InChI is InChI=1S/C9H11N.CH4S/c1-2-4-9-7-10-6-5-8(9)3-1;1-2/h5-7H,1-4H2;2H,1H3. The molecule has 0 amide bonds. The molecule has 1 nitrogen and oxygen atoms in total. The fourth-order valence-electron chi connectivity index (χ4n) is 1.56. The molecule has 0 aromatic carbocycles. The lowest BCUT2D eigenvalue weighted by atomic mass is 9.94. The first kappa shape index (κ1) is 9.59. The second-order valence-electron chi connectivity index (χ2n) is 2.85. The first-order valence-electron chi connectivity index (χ1n) is 4.33. The molecule has 0 saturated heterocycles. The summed E-state index contributed by atoms with van der Waals surface area (Å²) in [5.74, 6) is 0. The zero-order valence-electron chi connectivity index (χ0n) is 7.45. The van der Waals surface area contributed by atoms with E-state index >= 15 is 0 Å². The van der Waals surface area contributed by atoms with Gasteiger partial charge in [0.1, 0.15) is 0 Å². The van der Waals surface area contributed by atoms with Gasteiger partial charge in [0.15, 0.2) is 0 Å². The van der Waals surface area contributed by atoms with Crippen molar-refractivity contribution in [2.75, 3.05) is 6.26 Å². The summed E-state index contributed by atoms with van der Waals surface area (Å²) in [4.78, 5) is 4.10. The molecule has 0 bridgehead atoms. The van der Waals surface area contributed by atoms with E-state index in [0.29, 0.717) is 0 Å². The largest absolute Gasteiger partial charge is 0.264 e. The molecule has 1 aromatic rings. The first-order valence-corrected chi connectivity index (χ1v) is 5.23. The van der Waals surface area contributed by atoms with Crippen LogP contribution in [0.3, 0.4) is 0 Å². The Hall–Kier alpha value is -0.500. The van der Waals surface area contributed by atoms with E-state index in [-0.39, 0.29) is 0 Å². The highest BCUT2D eigenvalue weighted by atomic mass is 32.1. The van der Waals surface area contributed by atoms with Crippen molar-refractivity contribution >= 4 is 12.6 Å². The van der Waals surface area contributed by atoms with Gasteiger partial charge in [0.05, 0.1) is 0 Å². The van der Waals surface area contributed by atoms with Crippen molar-refractivity contribution in [3.8, 4) is 0 Å². The van der Waals surface area contributed by atoms with Crippen LogP contribution in [-0.2, 0) is 12.8 Å². The predicted octanol–water partition coefficient (Wildman–Crippen LogP) is 2.51. The highest BCUT2D eigenvalue weighted by Gasteiger charge is 2.06. The second kappa shape index (κ2) is 5.20. The van der Waals surface area contributed by atoms with Gasteiger partial charge in [-0.05, 0) is 49.1 Å². The molecule has 0 radical (unpaired) electrons. The molecule has 0 aliphatic heterocycles. The number of hydrogen-bond acceptors (Lipinski definition) is 2. The molecule has 66 valence electrons. The molecule has 1 heterocycles. The Morgan fingerprint density at radius 1 is 1.17 bits per heavy atom. The topological polar surface area (TPSA) is 12.9 Å². The molecule has 1 aliphatic rings. The Kier molecular flexibility index (Phi) is 4.15. The van der Waals surface area contributed by atoms with Crippen molar-refractivity contribution in [2.45, 2.75) is 25.7 Å². The molecular weight excluding hydrogens is 166 g/mol. The minimum atomic E-state index is 1.24. The van der Waals surface area contributed by atoms with E-state index in [1.807, 2.05) is 12.4 Å². The summed E-state index contributed by atoms with van der Waals surface area (Å²) >= 11 is 3.53. The van der Waals surface area contributed by atoms with Crippen molar-refractivity contribution in [2.24, 2.45) is 0 Å². The Morgan fingerprint density at radius 2 is 1.83 bits per heavy atom. The van der Waals surface area contributed by atoms with E-state index in [4.69, 9.17) is 0 Å². The lowest BCUT2D eigenvalue weighted by molar-refractivity contribution is 0.682. The van der Waals surface area contributed by atoms with Crippen LogP contribution in [0.2, 0.25) is 0 Å². The maximum absolute atomic E-state index is 4.10. The van der Waals surface area contributed by atoms with Gasteiger partial charge in [-0.25, -0.2) is 0 Å². The molecule has 0 fully saturated rings. The van der Waals surface area contributed by atoms with Crippen LogP contribution >= 0.6 is 12.6 Å². The maximum Gasteiger partial charge on any atom is 0.0302 e. The predicted molar refractivity (Wildman–Crippen MR) is 55.8 cm³/mol. The van der Waals surface area contributed by atoms with E-state index in [1.165, 1.54) is 36.8 Å². The van der Waals surface area contributed by atoms with Crippen LogP contribution in [0.5, 0.6) is 0 Å². The Balaban J connectivity index is 0.000000336. The summed E-state index contributed by atoms with van der Waals surface area (Å²) in [6, 6.07) is 2.15. The minimum Gasteiger partial charge on any atom is -0.264 e. The normalized spacial score (nSPS) is 14.2. The molecule has 12 heavy (non-hydrogen) atoms. The Bertz CT molecular complexity index is 210. The van der Waals surface area contributed by atoms with Crippen molar-refractivity contribution in [1.82, 2.24) is 4.98 Å². The van der Waals surface area contributed by atoms with Gasteiger partial charge in [-0.3, -0.25) is 4.98 Å². The summed E-state index contributed by atoms with van der Waals surface area (Å²) in [7, 11) is 0. The van der Waals surface area contributed by atoms with E-state index in [1.54, 1.807) is 6.26 Å². The van der Waals surface area contributed by atoms with Crippen LogP contribution in [0.1, 0.15) is 24.0 Å². The first-order chi connectivity index (χ1) is 5.97. The summed E-state index contributed by atoms with van der Waals surface area (Å²) < 4.78 is 0. The zero-order chi connectivity index (χ0) is 8.81. The van der Waals surface area contributed by atoms with Crippen molar-refractivity contribution in [3.05, 3.63) is 29.6 Å². The third-order valence-electron chi connectivity index (χ3n) is 2.15. The average Bonchev–Trinajstić information content (AvgIpc) is 2.21. The molecular formula is C10H15NS. The van der Waals surface area contributed by atoms with Crippen LogP contribution in [0.25, 0.3) is 0 Å². The number of fused-ring (bicyclic) bond motifs is 1. The smallest absolute Gasteiger partial charge is 0.0302 e. The van der Waals surface area contributed by atoms with Crippen molar-refractivity contribution in [3.63, 3.8) is 0 Å². The number of aryl methyl sites for hydroxylation is 2. The molecule has 0 atom stereocenters. The van der Waals surface area contributed by atoms with Gasteiger partial charge >= 0.3 is 0 Å². The van der Waals surface area contributed by atoms with Crippen LogP contribution in [0.15, 0.2) is 18.5 Å². The van der Waals surface area contributed by atoms with Gasteiger partial charge in [-0.2, -0.15) is 12.6 Å². The monoisotopic (exact) mass is 181 g/mol. The van der Waals surface area contributed by atoms with E-state index in [2.05, 4.69) is 23.7 Å². The number of hydrogen-bond donors (Lipinski definition) is 1. The molecule has 2 heteroatoms. The SMILES string of the molecule is CS.c1cc2c(cn1)CCCC2. The van der Waals surface area contributed by atoms with E-state index < -0.39 is 0 Å². The highest BCUT2D eigenvalue weighted by Crippen LogP contribution is 2.18. The number of pyridine rings is 1. The molecule has 0 N–H and O–H groups in total. The fraction of sp³-hybridized carbons (Fsp3) is 0.500. The molecule has 1 aliphatic carbocycles. The summed E-state index contributed by atoms with van der Waals surface area (Å²) in [5, 5.41) is 0. The van der Waals surface area contributed by atoms with Gasteiger partial charge in [0.25, 0.3) is 0 Å². The van der Waals surface area contributed by atoms with E-state index in [9.17, 15) is 0 Å². The van der Waals surface area contributed by atoms with Crippen molar-refractivity contribution < 1.29 is 0 Å². The Morgan fingerprint density at radius 3 is 2.50 bits per heavy atom. The van der Waals surface area contributed by atoms with E-state index in [0.717, 1.165) is 0 Å². The fourth-order valence-corrected chi connectivity index (χ4v) is 1.56. The lowest BCUT2D eigenvalue weighted by Crippen LogP contribution is -2.01. The van der Waals surface area contributed by atoms with Gasteiger partial charge < -0.3 is 0 Å². The summed E-state index contributed by atoms with van der Waals surface area (Å²) in [5.41, 5.74) is 2.98. The molecule has 2 rings (SSSR count). The molecule has 0 unspecified atom stereocenters. The zero-order valence-corrected chi connectivity index (χ0v) is 8.35. The van der Waals surface area contributed by atoms with Crippen LogP contribution in [0.4, 0.5) is 0 Å². The lowest BCUT2D eigenvalue weighted by Gasteiger charge is -2.13. The highest BCUT2D eigenvalue weighted by molar-refractivity contribution is 7.79. The van der Waals surface area contributed by atoms with Crippen LogP contribution in [0, 0.1) is 0 Å². The third-order valence-corrected chi connectivity index (χ3v) is 2.15. The third kappa shape index (κ3) is 2.24. The van der Waals surface area contributed by atoms with Gasteiger partial charge in [-0.15, -0.1) is 0 Å². The minimum absolute atomic E-state index is 1.24. The molecule has 1 aromatic heterocycles. The maximum atomic E-state index is 4.10. The number of thiol groups is 1. The average molecular weight is 181 g/mol. The van der Waals surface area contributed by atoms with Crippen molar-refractivity contribution in [1.29, 1.82) is 0 Å². The number of aromatic nitrogens is 1. The molecule has 0 saturated carbocycles. The van der Waals surface area contributed by atoms with Gasteiger partial charge in [-0.1, -0.05) is 0 Å². The number of rotatable bonds is 0. The molecule has 0 spiro atoms.